The highest BCUT2D eigenvalue weighted by atomic mass is 32.2. The number of phenols is 2. The average Bonchev–Trinajstić information content (AvgIpc) is 3.92. The van der Waals surface area contributed by atoms with Crippen molar-refractivity contribution in [3.63, 3.8) is 0 Å². The van der Waals surface area contributed by atoms with Crippen molar-refractivity contribution < 1.29 is 38.3 Å². The first-order chi connectivity index (χ1) is 31.5. The monoisotopic (exact) mass is 930 g/mol. The van der Waals surface area contributed by atoms with Crippen LogP contribution in [0.4, 0.5) is 0 Å². The van der Waals surface area contributed by atoms with Crippen LogP contribution in [0.3, 0.4) is 0 Å². The van der Waals surface area contributed by atoms with Crippen LogP contribution in [0.2, 0.25) is 0 Å². The first kappa shape index (κ1) is 47.5. The lowest BCUT2D eigenvalue weighted by molar-refractivity contribution is 0.232. The molecule has 66 heavy (non-hydrogen) atoms. The van der Waals surface area contributed by atoms with Gasteiger partial charge in [0.05, 0.1) is 23.0 Å². The Morgan fingerprint density at radius 2 is 0.985 bits per heavy atom. The van der Waals surface area contributed by atoms with Gasteiger partial charge in [-0.2, -0.15) is 0 Å². The van der Waals surface area contributed by atoms with Crippen LogP contribution in [0, 0.1) is 0 Å². The van der Waals surface area contributed by atoms with Crippen LogP contribution in [0.1, 0.15) is 65.5 Å². The van der Waals surface area contributed by atoms with Gasteiger partial charge in [0.2, 0.25) is 9.84 Å². The van der Waals surface area contributed by atoms with Crippen molar-refractivity contribution in [3.05, 3.63) is 132 Å². The highest BCUT2D eigenvalue weighted by Gasteiger charge is 2.26. The topological polar surface area (TPSA) is 195 Å². The van der Waals surface area contributed by atoms with Crippen molar-refractivity contribution in [3.8, 4) is 34.4 Å². The maximum Gasteiger partial charge on any atom is 0.206 e. The molecule has 0 aliphatic heterocycles. The SMILES string of the molecule is CC(C)(C)c1cc(OCCCO)cc(-n2nc3ccc(S(=O)(=O)c4ccccc4)cc3n2)c1O.CC(C)(C)c1cc(OCCCO)cc(-n2nc3ccc(Sc4ccccc4)cc3n2)c1O. The molecule has 4 N–H and O–H groups in total. The second-order valence-electron chi connectivity index (χ2n) is 17.5. The highest BCUT2D eigenvalue weighted by molar-refractivity contribution is 7.99. The number of aliphatic hydroxyl groups is 2. The standard InChI is InChI=1S/C25H27N3O5S.C25H27N3O3S/c1-25(2,3)20-14-17(33-13-7-12-29)15-23(24(20)30)28-26-21-11-10-19(16-22(21)27-28)34(31,32)18-8-5-4-6-9-18;1-25(2,3)20-14-17(31-13-7-12-29)15-23(24(20)30)28-26-21-11-10-19(16-22(21)27-28)32-18-8-5-4-6-9-18/h4-6,8-11,14-16,29-30H,7,12-13H2,1-3H3;4-6,8-11,14-16,29-30H,7,12-13H2,1-3H3. The number of fused-ring (bicyclic) bond motifs is 2. The van der Waals surface area contributed by atoms with E-state index in [1.165, 1.54) is 21.7 Å². The zero-order valence-corrected chi connectivity index (χ0v) is 39.3. The molecule has 6 aromatic carbocycles. The van der Waals surface area contributed by atoms with E-state index in [-0.39, 0.29) is 39.9 Å². The van der Waals surface area contributed by atoms with E-state index < -0.39 is 15.3 Å². The number of aliphatic hydroxyl groups excluding tert-OH is 2. The zero-order chi connectivity index (χ0) is 47.2. The van der Waals surface area contributed by atoms with E-state index in [0.29, 0.717) is 65.5 Å². The van der Waals surface area contributed by atoms with Gasteiger partial charge in [0, 0.05) is 59.1 Å². The van der Waals surface area contributed by atoms with Gasteiger partial charge in [-0.3, -0.25) is 0 Å². The van der Waals surface area contributed by atoms with Crippen LogP contribution in [-0.2, 0) is 20.7 Å². The Morgan fingerprint density at radius 1 is 0.530 bits per heavy atom. The zero-order valence-electron chi connectivity index (χ0n) is 37.7. The molecule has 14 nitrogen and oxygen atoms in total. The van der Waals surface area contributed by atoms with Gasteiger partial charge in [-0.1, -0.05) is 89.7 Å². The number of hydrogen-bond donors (Lipinski definition) is 4. The molecule has 344 valence electrons. The summed E-state index contributed by atoms with van der Waals surface area (Å²) in [5.74, 6) is 1.27. The minimum atomic E-state index is -3.71. The van der Waals surface area contributed by atoms with E-state index in [9.17, 15) is 18.6 Å². The summed E-state index contributed by atoms with van der Waals surface area (Å²) in [5, 5.41) is 58.3. The van der Waals surface area contributed by atoms with E-state index in [1.54, 1.807) is 66.4 Å². The largest absolute Gasteiger partial charge is 0.505 e. The molecule has 0 saturated heterocycles. The lowest BCUT2D eigenvalue weighted by Crippen LogP contribution is -2.14. The number of sulfone groups is 1. The van der Waals surface area contributed by atoms with Crippen LogP contribution in [0.5, 0.6) is 23.0 Å². The molecule has 0 fully saturated rings. The predicted octanol–water partition coefficient (Wildman–Crippen LogP) is 9.35. The summed E-state index contributed by atoms with van der Waals surface area (Å²) in [6.07, 6.45) is 1.01. The van der Waals surface area contributed by atoms with Gasteiger partial charge < -0.3 is 29.9 Å². The first-order valence-corrected chi connectivity index (χ1v) is 23.8. The van der Waals surface area contributed by atoms with E-state index in [0.717, 1.165) is 26.4 Å². The molecule has 8 rings (SSSR count). The number of hydrogen-bond acceptors (Lipinski definition) is 13. The minimum Gasteiger partial charge on any atom is -0.505 e. The van der Waals surface area contributed by atoms with E-state index in [1.807, 2.05) is 84.0 Å². The summed E-state index contributed by atoms with van der Waals surface area (Å²) in [7, 11) is -3.71. The smallest absolute Gasteiger partial charge is 0.206 e. The molecule has 0 amide bonds. The molecule has 2 heterocycles. The Labute approximate surface area is 388 Å². The van der Waals surface area contributed by atoms with Gasteiger partial charge in [0.25, 0.3) is 0 Å². The van der Waals surface area contributed by atoms with Crippen LogP contribution >= 0.6 is 11.8 Å². The number of aromatic hydroxyl groups is 2. The lowest BCUT2D eigenvalue weighted by atomic mass is 9.86. The Bertz CT molecular complexity index is 3050. The molecule has 0 spiro atoms. The molecule has 2 aromatic heterocycles. The van der Waals surface area contributed by atoms with Gasteiger partial charge in [0.1, 0.15) is 56.4 Å². The molecule has 0 saturated carbocycles. The summed E-state index contributed by atoms with van der Waals surface area (Å²) >= 11 is 1.66. The number of aromatic nitrogens is 6. The molecule has 0 aliphatic rings. The molecule has 0 atom stereocenters. The lowest BCUT2D eigenvalue weighted by Gasteiger charge is -2.23. The number of ether oxygens (including phenoxy) is 2. The van der Waals surface area contributed by atoms with Crippen molar-refractivity contribution in [2.45, 2.75) is 84.8 Å². The van der Waals surface area contributed by atoms with Gasteiger partial charge in [-0.05, 0) is 83.6 Å². The first-order valence-electron chi connectivity index (χ1n) is 21.5. The van der Waals surface area contributed by atoms with Gasteiger partial charge in [-0.15, -0.1) is 30.0 Å². The van der Waals surface area contributed by atoms with Crippen LogP contribution in [0.25, 0.3) is 33.4 Å². The third-order valence-corrected chi connectivity index (χ3v) is 13.1. The summed E-state index contributed by atoms with van der Waals surface area (Å²) in [6, 6.07) is 35.9. The number of nitrogens with zero attached hydrogens (tertiary/aromatic N) is 6. The second-order valence-corrected chi connectivity index (χ2v) is 20.6. The summed E-state index contributed by atoms with van der Waals surface area (Å²) in [4.78, 5) is 5.27. The van der Waals surface area contributed by atoms with Crippen LogP contribution in [0.15, 0.2) is 141 Å². The Balaban J connectivity index is 0.000000197. The van der Waals surface area contributed by atoms with Crippen molar-refractivity contribution >= 4 is 43.7 Å². The molecule has 0 unspecified atom stereocenters. The van der Waals surface area contributed by atoms with Crippen molar-refractivity contribution in [2.24, 2.45) is 0 Å². The van der Waals surface area contributed by atoms with Crippen LogP contribution in [-0.4, -0.2) is 85.3 Å². The second kappa shape index (κ2) is 20.0. The Kier molecular flexibility index (Phi) is 14.4. The molecule has 0 aliphatic carbocycles. The fraction of sp³-hybridized carbons (Fsp3) is 0.280. The summed E-state index contributed by atoms with van der Waals surface area (Å²) in [5.41, 5.74) is 3.82. The average molecular weight is 931 g/mol. The third kappa shape index (κ3) is 11.0. The number of benzene rings is 6. The quantitative estimate of drug-likeness (QED) is 0.0754. The van der Waals surface area contributed by atoms with Crippen LogP contribution < -0.4 is 9.47 Å². The fourth-order valence-corrected chi connectivity index (χ4v) is 9.08. The summed E-state index contributed by atoms with van der Waals surface area (Å²) in [6.45, 7) is 12.8. The number of phenolic OH excluding ortho intramolecular Hbond substituents is 2. The van der Waals surface area contributed by atoms with E-state index in [2.05, 4.69) is 32.5 Å². The Morgan fingerprint density at radius 3 is 1.47 bits per heavy atom. The fourth-order valence-electron chi connectivity index (χ4n) is 6.91. The van der Waals surface area contributed by atoms with Gasteiger partial charge in [-0.25, -0.2) is 8.42 Å². The van der Waals surface area contributed by atoms with E-state index in [4.69, 9.17) is 19.7 Å². The molecule has 0 bridgehead atoms. The molecular weight excluding hydrogens is 877 g/mol. The number of rotatable bonds is 14. The third-order valence-electron chi connectivity index (χ3n) is 10.4. The predicted molar refractivity (Wildman–Crippen MR) is 255 cm³/mol. The van der Waals surface area contributed by atoms with Crippen molar-refractivity contribution in [1.29, 1.82) is 0 Å². The normalized spacial score (nSPS) is 12.0. The molecule has 0 radical (unpaired) electrons. The van der Waals surface area contributed by atoms with Crippen molar-refractivity contribution in [1.82, 2.24) is 30.0 Å². The maximum atomic E-state index is 13.0. The maximum absolute atomic E-state index is 13.0. The van der Waals surface area contributed by atoms with Gasteiger partial charge >= 0.3 is 0 Å². The Hall–Kier alpha value is -6.46. The van der Waals surface area contributed by atoms with Crippen molar-refractivity contribution in [2.75, 3.05) is 26.4 Å². The van der Waals surface area contributed by atoms with Gasteiger partial charge in [0.15, 0.2) is 0 Å². The molecular formula is C50H54N6O8S2. The highest BCUT2D eigenvalue weighted by Crippen LogP contribution is 2.40. The molecule has 8 aromatic rings. The summed E-state index contributed by atoms with van der Waals surface area (Å²) < 4.78 is 37.6. The molecule has 16 heteroatoms. The minimum absolute atomic E-state index is 0.0113. The van der Waals surface area contributed by atoms with E-state index >= 15 is 0 Å².